The van der Waals surface area contributed by atoms with Crippen LogP contribution in [0.1, 0.15) is 36.7 Å². The minimum atomic E-state index is -0.519. The minimum absolute atomic E-state index is 0.0345. The van der Waals surface area contributed by atoms with E-state index in [4.69, 9.17) is 4.74 Å². The van der Waals surface area contributed by atoms with Crippen LogP contribution in [0.4, 0.5) is 0 Å². The number of nitrogens with zero attached hydrogens (tertiary/aromatic N) is 3. The standard InChI is InChI=1S/C17H22N4O3/c1-12(2)13(3)20-16(22)9-24-17(23)15-6-4-14(5-7-15)8-21-11-18-10-19-21/h4-7,10-13H,8-9H2,1-3H3,(H,20,22). The maximum atomic E-state index is 12.0. The molecule has 0 saturated heterocycles. The van der Waals surface area contributed by atoms with Crippen LogP contribution in [0.5, 0.6) is 0 Å². The van der Waals surface area contributed by atoms with Gasteiger partial charge in [0.15, 0.2) is 6.61 Å². The number of amides is 1. The van der Waals surface area contributed by atoms with Crippen molar-refractivity contribution in [3.63, 3.8) is 0 Å². The van der Waals surface area contributed by atoms with Gasteiger partial charge in [-0.3, -0.25) is 4.79 Å². The van der Waals surface area contributed by atoms with Crippen molar-refractivity contribution in [1.82, 2.24) is 20.1 Å². The minimum Gasteiger partial charge on any atom is -0.452 e. The first-order valence-electron chi connectivity index (χ1n) is 7.83. The zero-order chi connectivity index (χ0) is 17.5. The van der Waals surface area contributed by atoms with Gasteiger partial charge >= 0.3 is 5.97 Å². The molecule has 1 amide bonds. The molecule has 1 heterocycles. The molecule has 0 aliphatic rings. The van der Waals surface area contributed by atoms with Gasteiger partial charge in [0.2, 0.25) is 0 Å². The Balaban J connectivity index is 1.83. The SMILES string of the molecule is CC(C)C(C)NC(=O)COC(=O)c1ccc(Cn2cncn2)cc1. The zero-order valence-electron chi connectivity index (χ0n) is 14.1. The van der Waals surface area contributed by atoms with Gasteiger partial charge in [-0.05, 0) is 30.5 Å². The molecule has 2 rings (SSSR count). The summed E-state index contributed by atoms with van der Waals surface area (Å²) in [4.78, 5) is 27.6. The molecule has 128 valence electrons. The van der Waals surface area contributed by atoms with E-state index in [1.54, 1.807) is 23.1 Å². The third-order valence-corrected chi connectivity index (χ3v) is 3.72. The summed E-state index contributed by atoms with van der Waals surface area (Å²) in [6.45, 7) is 6.23. The van der Waals surface area contributed by atoms with Crippen LogP contribution in [0, 0.1) is 5.92 Å². The van der Waals surface area contributed by atoms with Gasteiger partial charge in [-0.2, -0.15) is 5.10 Å². The van der Waals surface area contributed by atoms with Crippen LogP contribution in [0.2, 0.25) is 0 Å². The normalized spacial score (nSPS) is 12.0. The number of rotatable bonds is 7. The van der Waals surface area contributed by atoms with Gasteiger partial charge in [0.05, 0.1) is 12.1 Å². The molecular formula is C17H22N4O3. The largest absolute Gasteiger partial charge is 0.452 e. The third kappa shape index (κ3) is 5.19. The fourth-order valence-corrected chi connectivity index (χ4v) is 1.92. The lowest BCUT2D eigenvalue weighted by Gasteiger charge is -2.17. The second kappa shape index (κ2) is 8.24. The van der Waals surface area contributed by atoms with Crippen LogP contribution in [0.3, 0.4) is 0 Å². The summed E-state index contributed by atoms with van der Waals surface area (Å²) in [7, 11) is 0. The summed E-state index contributed by atoms with van der Waals surface area (Å²) in [6, 6.07) is 7.01. The monoisotopic (exact) mass is 330 g/mol. The molecule has 24 heavy (non-hydrogen) atoms. The average molecular weight is 330 g/mol. The number of nitrogens with one attached hydrogen (secondary N) is 1. The number of esters is 1. The number of ether oxygens (including phenoxy) is 1. The number of hydrogen-bond donors (Lipinski definition) is 1. The highest BCUT2D eigenvalue weighted by Crippen LogP contribution is 2.07. The van der Waals surface area contributed by atoms with E-state index in [2.05, 4.69) is 15.4 Å². The highest BCUT2D eigenvalue weighted by atomic mass is 16.5. The maximum absolute atomic E-state index is 12.0. The van der Waals surface area contributed by atoms with E-state index in [-0.39, 0.29) is 18.6 Å². The lowest BCUT2D eigenvalue weighted by Crippen LogP contribution is -2.38. The number of carbonyl (C=O) groups excluding carboxylic acids is 2. The fourth-order valence-electron chi connectivity index (χ4n) is 1.92. The van der Waals surface area contributed by atoms with Gasteiger partial charge in [-0.25, -0.2) is 14.5 Å². The Labute approximate surface area is 141 Å². The van der Waals surface area contributed by atoms with Crippen molar-refractivity contribution in [2.45, 2.75) is 33.4 Å². The van der Waals surface area contributed by atoms with E-state index in [1.165, 1.54) is 6.33 Å². The Bertz CT molecular complexity index is 666. The van der Waals surface area contributed by atoms with Crippen molar-refractivity contribution in [2.75, 3.05) is 6.61 Å². The smallest absolute Gasteiger partial charge is 0.338 e. The van der Waals surface area contributed by atoms with Crippen LogP contribution in [-0.4, -0.2) is 39.3 Å². The van der Waals surface area contributed by atoms with Crippen LogP contribution in [0.25, 0.3) is 0 Å². The maximum Gasteiger partial charge on any atom is 0.338 e. The van der Waals surface area contributed by atoms with E-state index in [0.717, 1.165) is 5.56 Å². The van der Waals surface area contributed by atoms with E-state index in [1.807, 2.05) is 32.9 Å². The van der Waals surface area contributed by atoms with Gasteiger partial charge in [0.1, 0.15) is 12.7 Å². The molecule has 0 aliphatic heterocycles. The van der Waals surface area contributed by atoms with Crippen LogP contribution in [0.15, 0.2) is 36.9 Å². The second-order valence-electron chi connectivity index (χ2n) is 5.97. The summed E-state index contributed by atoms with van der Waals surface area (Å²) < 4.78 is 6.73. The second-order valence-corrected chi connectivity index (χ2v) is 5.97. The summed E-state index contributed by atoms with van der Waals surface area (Å²) >= 11 is 0. The summed E-state index contributed by atoms with van der Waals surface area (Å²) in [5, 5.41) is 6.81. The molecule has 1 aromatic heterocycles. The lowest BCUT2D eigenvalue weighted by atomic mass is 10.1. The predicted molar refractivity (Wildman–Crippen MR) is 88.3 cm³/mol. The Hall–Kier alpha value is -2.70. The van der Waals surface area contributed by atoms with E-state index in [0.29, 0.717) is 18.0 Å². The Morgan fingerprint density at radius 1 is 1.21 bits per heavy atom. The first-order valence-corrected chi connectivity index (χ1v) is 7.83. The molecule has 0 aliphatic carbocycles. The van der Waals surface area contributed by atoms with Gasteiger partial charge in [0, 0.05) is 6.04 Å². The van der Waals surface area contributed by atoms with Crippen molar-refractivity contribution in [1.29, 1.82) is 0 Å². The topological polar surface area (TPSA) is 86.1 Å². The molecule has 7 heteroatoms. The van der Waals surface area contributed by atoms with Crippen LogP contribution in [-0.2, 0) is 16.1 Å². The van der Waals surface area contributed by atoms with Crippen molar-refractivity contribution in [3.05, 3.63) is 48.0 Å². The molecule has 1 unspecified atom stereocenters. The molecule has 0 fully saturated rings. The molecule has 0 spiro atoms. The van der Waals surface area contributed by atoms with Crippen molar-refractivity contribution < 1.29 is 14.3 Å². The van der Waals surface area contributed by atoms with Gasteiger partial charge in [-0.1, -0.05) is 26.0 Å². The number of aromatic nitrogens is 3. The highest BCUT2D eigenvalue weighted by Gasteiger charge is 2.13. The molecule has 2 aromatic rings. The van der Waals surface area contributed by atoms with Gasteiger partial charge < -0.3 is 10.1 Å². The molecule has 1 aromatic carbocycles. The fraction of sp³-hybridized carbons (Fsp3) is 0.412. The van der Waals surface area contributed by atoms with Crippen molar-refractivity contribution in [2.24, 2.45) is 5.92 Å². The first kappa shape index (κ1) is 17.7. The number of benzene rings is 1. The third-order valence-electron chi connectivity index (χ3n) is 3.72. The Morgan fingerprint density at radius 2 is 1.92 bits per heavy atom. The summed E-state index contributed by atoms with van der Waals surface area (Å²) in [5.41, 5.74) is 1.39. The summed E-state index contributed by atoms with van der Waals surface area (Å²) in [6.07, 6.45) is 3.09. The molecule has 0 bridgehead atoms. The Morgan fingerprint density at radius 3 is 2.50 bits per heavy atom. The predicted octanol–water partition coefficient (Wildman–Crippen LogP) is 1.64. The van der Waals surface area contributed by atoms with E-state index in [9.17, 15) is 9.59 Å². The quantitative estimate of drug-likeness (QED) is 0.780. The molecule has 7 nitrogen and oxygen atoms in total. The van der Waals surface area contributed by atoms with Gasteiger partial charge in [-0.15, -0.1) is 0 Å². The van der Waals surface area contributed by atoms with E-state index >= 15 is 0 Å². The molecule has 1 atom stereocenters. The van der Waals surface area contributed by atoms with E-state index < -0.39 is 5.97 Å². The Kier molecular flexibility index (Phi) is 6.06. The molecule has 1 N–H and O–H groups in total. The van der Waals surface area contributed by atoms with Crippen LogP contribution < -0.4 is 5.32 Å². The van der Waals surface area contributed by atoms with Gasteiger partial charge in [0.25, 0.3) is 5.91 Å². The lowest BCUT2D eigenvalue weighted by molar-refractivity contribution is -0.125. The number of carbonyl (C=O) groups is 2. The van der Waals surface area contributed by atoms with Crippen LogP contribution >= 0.6 is 0 Å². The molecular weight excluding hydrogens is 308 g/mol. The first-order chi connectivity index (χ1) is 11.5. The van der Waals surface area contributed by atoms with Crippen molar-refractivity contribution in [3.8, 4) is 0 Å². The summed E-state index contributed by atoms with van der Waals surface area (Å²) in [5.74, 6) is -0.496. The number of hydrogen-bond acceptors (Lipinski definition) is 5. The molecule has 0 radical (unpaired) electrons. The molecule has 0 saturated carbocycles. The highest BCUT2D eigenvalue weighted by molar-refractivity contribution is 5.91. The van der Waals surface area contributed by atoms with Crippen molar-refractivity contribution >= 4 is 11.9 Å². The average Bonchev–Trinajstić information content (AvgIpc) is 3.06. The zero-order valence-corrected chi connectivity index (χ0v) is 14.1.